The fourth-order valence-corrected chi connectivity index (χ4v) is 4.36. The molecule has 3 N–H and O–H groups in total. The predicted molar refractivity (Wildman–Crippen MR) is 97.3 cm³/mol. The quantitative estimate of drug-likeness (QED) is 0.882. The lowest BCUT2D eigenvalue weighted by Crippen LogP contribution is -2.44. The molecule has 2 heterocycles. The smallest absolute Gasteiger partial charge is 0.256 e. The molecule has 1 aliphatic carbocycles. The number of rotatable bonds is 2. The first-order valence-corrected chi connectivity index (χ1v) is 9.25. The van der Waals surface area contributed by atoms with Crippen molar-refractivity contribution in [3.63, 3.8) is 0 Å². The number of fused-ring (bicyclic) bond motifs is 3. The van der Waals surface area contributed by atoms with Crippen molar-refractivity contribution in [1.29, 1.82) is 0 Å². The average molecular weight is 339 g/mol. The van der Waals surface area contributed by atoms with Crippen molar-refractivity contribution in [2.24, 2.45) is 17.6 Å². The minimum atomic E-state index is -0.306. The number of primary amides is 1. The molecule has 2 aliphatic rings. The number of amides is 2. The molecule has 2 amide bonds. The summed E-state index contributed by atoms with van der Waals surface area (Å²) in [5.41, 5.74) is 9.77. The number of hydrogen-bond donors (Lipinski definition) is 2. The van der Waals surface area contributed by atoms with Crippen LogP contribution in [0.25, 0.3) is 10.9 Å². The fraction of sp³-hybridized carbons (Fsp3) is 0.500. The van der Waals surface area contributed by atoms with Crippen LogP contribution in [0, 0.1) is 11.8 Å². The van der Waals surface area contributed by atoms with Crippen molar-refractivity contribution in [3.05, 3.63) is 35.0 Å². The van der Waals surface area contributed by atoms with Gasteiger partial charge in [0.15, 0.2) is 0 Å². The molecule has 2 atom stereocenters. The van der Waals surface area contributed by atoms with E-state index in [4.69, 9.17) is 5.73 Å². The maximum absolute atomic E-state index is 13.1. The van der Waals surface area contributed by atoms with E-state index in [1.165, 1.54) is 23.1 Å². The number of aromatic nitrogens is 1. The summed E-state index contributed by atoms with van der Waals surface area (Å²) in [7, 11) is 0. The Kier molecular flexibility index (Phi) is 4.02. The predicted octanol–water partition coefficient (Wildman–Crippen LogP) is 2.63. The second-order valence-electron chi connectivity index (χ2n) is 7.65. The molecule has 0 bridgehead atoms. The number of hydrogen-bond acceptors (Lipinski definition) is 2. The van der Waals surface area contributed by atoms with Gasteiger partial charge in [-0.15, -0.1) is 0 Å². The third-order valence-electron chi connectivity index (χ3n) is 5.81. The first-order valence-electron chi connectivity index (χ1n) is 9.25. The van der Waals surface area contributed by atoms with E-state index in [9.17, 15) is 9.59 Å². The van der Waals surface area contributed by atoms with Crippen molar-refractivity contribution < 1.29 is 9.59 Å². The van der Waals surface area contributed by atoms with Crippen LogP contribution in [0.2, 0.25) is 0 Å². The van der Waals surface area contributed by atoms with Crippen LogP contribution in [0.4, 0.5) is 0 Å². The maximum Gasteiger partial charge on any atom is 0.256 e. The summed E-state index contributed by atoms with van der Waals surface area (Å²) < 4.78 is 0. The zero-order valence-corrected chi connectivity index (χ0v) is 14.7. The van der Waals surface area contributed by atoms with E-state index in [0.29, 0.717) is 24.6 Å². The first-order chi connectivity index (χ1) is 12.0. The topological polar surface area (TPSA) is 79.2 Å². The molecule has 2 aromatic rings. The van der Waals surface area contributed by atoms with Crippen LogP contribution in [0.15, 0.2) is 18.2 Å². The van der Waals surface area contributed by atoms with Crippen molar-refractivity contribution in [2.45, 2.75) is 39.0 Å². The first kappa shape index (κ1) is 16.2. The fourth-order valence-electron chi connectivity index (χ4n) is 4.36. The second-order valence-corrected chi connectivity index (χ2v) is 7.65. The highest BCUT2D eigenvalue weighted by Gasteiger charge is 2.29. The van der Waals surface area contributed by atoms with Gasteiger partial charge in [-0.05, 0) is 49.7 Å². The van der Waals surface area contributed by atoms with Crippen LogP contribution >= 0.6 is 0 Å². The van der Waals surface area contributed by atoms with Crippen LogP contribution in [0.3, 0.4) is 0 Å². The van der Waals surface area contributed by atoms with E-state index in [0.717, 1.165) is 31.2 Å². The number of likely N-dealkylation sites (tertiary alicyclic amines) is 1. The zero-order valence-electron chi connectivity index (χ0n) is 14.7. The number of para-hydroxylation sites is 1. The largest absolute Gasteiger partial charge is 0.369 e. The van der Waals surface area contributed by atoms with Crippen molar-refractivity contribution in [1.82, 2.24) is 9.88 Å². The molecule has 0 spiro atoms. The molecular formula is C20H25N3O2. The van der Waals surface area contributed by atoms with Gasteiger partial charge in [0.05, 0.1) is 17.0 Å². The summed E-state index contributed by atoms with van der Waals surface area (Å²) in [6.07, 6.45) is 4.91. The van der Waals surface area contributed by atoms with Crippen molar-refractivity contribution in [2.75, 3.05) is 13.1 Å². The number of benzene rings is 1. The highest BCUT2D eigenvalue weighted by molar-refractivity contribution is 6.07. The van der Waals surface area contributed by atoms with Gasteiger partial charge in [0.25, 0.3) is 5.91 Å². The van der Waals surface area contributed by atoms with E-state index in [1.54, 1.807) is 4.90 Å². The average Bonchev–Trinajstić information content (AvgIpc) is 2.99. The molecule has 0 saturated carbocycles. The summed E-state index contributed by atoms with van der Waals surface area (Å²) >= 11 is 0. The van der Waals surface area contributed by atoms with Crippen LogP contribution < -0.4 is 5.73 Å². The van der Waals surface area contributed by atoms with E-state index >= 15 is 0 Å². The van der Waals surface area contributed by atoms with Gasteiger partial charge in [-0.25, -0.2) is 0 Å². The van der Waals surface area contributed by atoms with Gasteiger partial charge in [-0.2, -0.15) is 0 Å². The van der Waals surface area contributed by atoms with Gasteiger partial charge in [0.1, 0.15) is 0 Å². The molecule has 0 radical (unpaired) electrons. The number of aryl methyl sites for hydroxylation is 1. The van der Waals surface area contributed by atoms with Gasteiger partial charge >= 0.3 is 0 Å². The second kappa shape index (κ2) is 6.21. The summed E-state index contributed by atoms with van der Waals surface area (Å²) in [6, 6.07) is 5.98. The molecule has 1 saturated heterocycles. The summed E-state index contributed by atoms with van der Waals surface area (Å²) in [6.45, 7) is 3.41. The highest BCUT2D eigenvalue weighted by Crippen LogP contribution is 2.33. The molecular weight excluding hydrogens is 314 g/mol. The van der Waals surface area contributed by atoms with Crippen molar-refractivity contribution >= 4 is 22.7 Å². The number of carbonyl (C=O) groups excluding carboxylic acids is 2. The Balaban J connectivity index is 1.69. The molecule has 5 nitrogen and oxygen atoms in total. The number of nitrogens with two attached hydrogens (primary N) is 1. The Bertz CT molecular complexity index is 839. The lowest BCUT2D eigenvalue weighted by atomic mass is 9.87. The lowest BCUT2D eigenvalue weighted by molar-refractivity contribution is -0.123. The Hall–Kier alpha value is -2.30. The normalized spacial score (nSPS) is 23.5. The lowest BCUT2D eigenvalue weighted by Gasteiger charge is -2.31. The van der Waals surface area contributed by atoms with Gasteiger partial charge < -0.3 is 15.6 Å². The minimum Gasteiger partial charge on any atom is -0.369 e. The number of nitrogens with zero attached hydrogens (tertiary/aromatic N) is 1. The SMILES string of the molecule is C[C@@H]1CCc2[nH]c3c(C(=O)N4CCC[C@@H](C(N)=O)C4)cccc3c2C1. The van der Waals surface area contributed by atoms with E-state index in [1.807, 2.05) is 12.1 Å². The maximum atomic E-state index is 13.1. The molecule has 132 valence electrons. The number of H-pyrrole nitrogens is 1. The number of carbonyl (C=O) groups is 2. The molecule has 0 unspecified atom stereocenters. The van der Waals surface area contributed by atoms with Crippen LogP contribution in [-0.4, -0.2) is 34.8 Å². The molecule has 1 fully saturated rings. The van der Waals surface area contributed by atoms with Crippen LogP contribution in [0.5, 0.6) is 0 Å². The van der Waals surface area contributed by atoms with Crippen LogP contribution in [0.1, 0.15) is 47.8 Å². The minimum absolute atomic E-state index is 0.00296. The van der Waals surface area contributed by atoms with Gasteiger partial charge in [0.2, 0.25) is 5.91 Å². The van der Waals surface area contributed by atoms with Crippen molar-refractivity contribution in [3.8, 4) is 0 Å². The Labute approximate surface area is 147 Å². The van der Waals surface area contributed by atoms with E-state index in [-0.39, 0.29) is 17.7 Å². The third-order valence-corrected chi connectivity index (χ3v) is 5.81. The molecule has 5 heteroatoms. The Morgan fingerprint density at radius 2 is 2.12 bits per heavy atom. The molecule has 25 heavy (non-hydrogen) atoms. The Morgan fingerprint density at radius 3 is 2.92 bits per heavy atom. The Morgan fingerprint density at radius 1 is 1.28 bits per heavy atom. The number of nitrogens with one attached hydrogen (secondary N) is 1. The van der Waals surface area contributed by atoms with E-state index < -0.39 is 0 Å². The number of piperidine rings is 1. The van der Waals surface area contributed by atoms with E-state index in [2.05, 4.69) is 18.0 Å². The molecule has 1 aliphatic heterocycles. The summed E-state index contributed by atoms with van der Waals surface area (Å²) in [5.74, 6) is 0.155. The monoisotopic (exact) mass is 339 g/mol. The van der Waals surface area contributed by atoms with Gasteiger partial charge in [-0.1, -0.05) is 19.1 Å². The zero-order chi connectivity index (χ0) is 17.6. The standard InChI is InChI=1S/C20H25N3O2/c1-12-7-8-17-16(10-12)14-5-2-6-15(18(14)22-17)20(25)23-9-3-4-13(11-23)19(21)24/h2,5-6,12-13,22H,3-4,7-11H2,1H3,(H2,21,24)/t12-,13-/m1/s1. The summed E-state index contributed by atoms with van der Waals surface area (Å²) in [5, 5.41) is 1.18. The van der Waals surface area contributed by atoms with Gasteiger partial charge in [0, 0.05) is 24.2 Å². The third kappa shape index (κ3) is 2.81. The molecule has 1 aromatic heterocycles. The summed E-state index contributed by atoms with van der Waals surface area (Å²) in [4.78, 5) is 29.9. The number of aromatic amines is 1. The highest BCUT2D eigenvalue weighted by atomic mass is 16.2. The molecule has 4 rings (SSSR count). The van der Waals surface area contributed by atoms with Gasteiger partial charge in [-0.3, -0.25) is 9.59 Å². The van der Waals surface area contributed by atoms with Crippen LogP contribution in [-0.2, 0) is 17.6 Å². The molecule has 1 aromatic carbocycles.